The van der Waals surface area contributed by atoms with Crippen molar-refractivity contribution in [3.8, 4) is 22.3 Å². The SMILES string of the molecule is Cc1cc(-c2c(C)c(C)c(-c3cc(C)cc(C(C)(C)C)c3)c3cc4c(cc23)C2=CC(C(C)(C)C)=CC3C=C(C(C)(C)C)C=C4C23)cc(C(C)(C)C)c1. The molecule has 0 atom stereocenters. The first-order valence-corrected chi connectivity index (χ1v) is 19.7. The molecule has 0 amide bonds. The maximum atomic E-state index is 2.61. The van der Waals surface area contributed by atoms with Crippen molar-refractivity contribution in [3.63, 3.8) is 0 Å². The molecule has 7 rings (SSSR count). The highest BCUT2D eigenvalue weighted by Crippen LogP contribution is 2.58. The van der Waals surface area contributed by atoms with E-state index in [0.717, 1.165) is 0 Å². The van der Waals surface area contributed by atoms with Crippen LogP contribution in [0.3, 0.4) is 0 Å². The van der Waals surface area contributed by atoms with Gasteiger partial charge in [0.1, 0.15) is 0 Å². The molecule has 0 nitrogen and oxygen atoms in total. The summed E-state index contributed by atoms with van der Waals surface area (Å²) in [5.41, 5.74) is 22.6. The summed E-state index contributed by atoms with van der Waals surface area (Å²) >= 11 is 0. The van der Waals surface area contributed by atoms with Gasteiger partial charge in [-0.2, -0.15) is 0 Å². The Balaban J connectivity index is 1.64. The zero-order valence-corrected chi connectivity index (χ0v) is 35.1. The summed E-state index contributed by atoms with van der Waals surface area (Å²) in [5, 5.41) is 2.74. The first kappa shape index (κ1) is 36.5. The molecule has 0 radical (unpaired) electrons. The van der Waals surface area contributed by atoms with Crippen LogP contribution in [0.15, 0.2) is 84.0 Å². The van der Waals surface area contributed by atoms with E-state index in [2.05, 4.69) is 184 Å². The minimum absolute atomic E-state index is 0.0587. The quantitative estimate of drug-likeness (QED) is 0.197. The molecule has 0 spiro atoms. The zero-order valence-electron chi connectivity index (χ0n) is 35.1. The van der Waals surface area contributed by atoms with Gasteiger partial charge >= 0.3 is 0 Å². The average molecular weight is 687 g/mol. The normalized spacial score (nSPS) is 18.8. The first-order chi connectivity index (χ1) is 23.9. The summed E-state index contributed by atoms with van der Waals surface area (Å²) in [4.78, 5) is 0. The van der Waals surface area contributed by atoms with Crippen LogP contribution in [0, 0.1) is 50.4 Å². The molecule has 0 saturated heterocycles. The van der Waals surface area contributed by atoms with Gasteiger partial charge in [0, 0.05) is 11.8 Å². The summed E-state index contributed by atoms with van der Waals surface area (Å²) in [7, 11) is 0. The van der Waals surface area contributed by atoms with E-state index in [1.165, 1.54) is 99.8 Å². The van der Waals surface area contributed by atoms with Gasteiger partial charge in [0.25, 0.3) is 0 Å². The Kier molecular flexibility index (Phi) is 8.27. The van der Waals surface area contributed by atoms with Gasteiger partial charge in [-0.15, -0.1) is 0 Å². The second kappa shape index (κ2) is 11.8. The molecule has 0 bridgehead atoms. The van der Waals surface area contributed by atoms with Gasteiger partial charge in [-0.1, -0.05) is 155 Å². The fourth-order valence-corrected chi connectivity index (χ4v) is 9.01. The van der Waals surface area contributed by atoms with E-state index in [1.807, 2.05) is 0 Å². The second-order valence-corrected chi connectivity index (χ2v) is 20.6. The summed E-state index contributed by atoms with van der Waals surface area (Å²) < 4.78 is 0. The highest BCUT2D eigenvalue weighted by atomic mass is 14.5. The van der Waals surface area contributed by atoms with Crippen LogP contribution in [-0.2, 0) is 10.8 Å². The highest BCUT2D eigenvalue weighted by Gasteiger charge is 2.42. The standard InChI is InChI=1S/C52H62/c1-29-17-33(21-36(19-29)49(5,6)7)46-31(3)32(4)47(34-18-30(2)20-37(22-34)50(8,9)10)45-28-41-40(27-44(45)46)42-25-38(51(11,12)13)23-35-24-39(52(14,15)16)26-43(41)48(35)42/h17-28,35,48H,1-16H3. The molecule has 0 unspecified atom stereocenters. The van der Waals surface area contributed by atoms with Crippen molar-refractivity contribution in [2.75, 3.05) is 0 Å². The lowest BCUT2D eigenvalue weighted by Crippen LogP contribution is -2.23. The van der Waals surface area contributed by atoms with Crippen molar-refractivity contribution >= 4 is 21.9 Å². The topological polar surface area (TPSA) is 0 Å². The third kappa shape index (κ3) is 6.09. The van der Waals surface area contributed by atoms with E-state index in [9.17, 15) is 0 Å². The summed E-state index contributed by atoms with van der Waals surface area (Å²) in [5.74, 6) is 0.717. The molecule has 4 aromatic carbocycles. The fourth-order valence-electron chi connectivity index (χ4n) is 9.01. The Hall–Kier alpha value is -3.90. The molecular weight excluding hydrogens is 625 g/mol. The Labute approximate surface area is 315 Å². The summed E-state index contributed by atoms with van der Waals surface area (Å²) in [6.45, 7) is 37.5. The Morgan fingerprint density at radius 2 is 0.788 bits per heavy atom. The smallest absolute Gasteiger partial charge is 0.0200 e. The predicted molar refractivity (Wildman–Crippen MR) is 229 cm³/mol. The van der Waals surface area contributed by atoms with Crippen molar-refractivity contribution in [2.45, 2.75) is 122 Å². The van der Waals surface area contributed by atoms with Crippen molar-refractivity contribution in [3.05, 3.63) is 128 Å². The number of fused-ring (bicyclic) bond motifs is 4. The molecule has 3 aliphatic rings. The highest BCUT2D eigenvalue weighted by molar-refractivity contribution is 6.12. The molecule has 52 heavy (non-hydrogen) atoms. The minimum atomic E-state index is 0.0587. The van der Waals surface area contributed by atoms with Gasteiger partial charge in [0.05, 0.1) is 0 Å². The van der Waals surface area contributed by atoms with Crippen molar-refractivity contribution in [2.24, 2.45) is 22.7 Å². The van der Waals surface area contributed by atoms with Crippen LogP contribution in [0.2, 0.25) is 0 Å². The largest absolute Gasteiger partial charge is 0.0729 e. The third-order valence-corrected chi connectivity index (χ3v) is 12.2. The van der Waals surface area contributed by atoms with Crippen LogP contribution in [0.5, 0.6) is 0 Å². The van der Waals surface area contributed by atoms with Crippen LogP contribution in [-0.4, -0.2) is 0 Å². The number of aryl methyl sites for hydroxylation is 2. The molecule has 4 aromatic rings. The van der Waals surface area contributed by atoms with Crippen LogP contribution in [0.1, 0.15) is 128 Å². The van der Waals surface area contributed by atoms with E-state index >= 15 is 0 Å². The van der Waals surface area contributed by atoms with Gasteiger partial charge in [-0.3, -0.25) is 0 Å². The lowest BCUT2D eigenvalue weighted by atomic mass is 9.68. The van der Waals surface area contributed by atoms with Crippen LogP contribution in [0.25, 0.3) is 44.2 Å². The van der Waals surface area contributed by atoms with Crippen LogP contribution >= 0.6 is 0 Å². The van der Waals surface area contributed by atoms with Gasteiger partial charge in [0.15, 0.2) is 0 Å². The second-order valence-electron chi connectivity index (χ2n) is 20.6. The number of benzene rings is 4. The third-order valence-electron chi connectivity index (χ3n) is 12.2. The molecule has 3 aliphatic carbocycles. The van der Waals surface area contributed by atoms with Gasteiger partial charge < -0.3 is 0 Å². The first-order valence-electron chi connectivity index (χ1n) is 19.7. The van der Waals surface area contributed by atoms with E-state index in [1.54, 1.807) is 0 Å². The van der Waals surface area contributed by atoms with Crippen molar-refractivity contribution in [1.29, 1.82) is 0 Å². The van der Waals surface area contributed by atoms with Gasteiger partial charge in [0.2, 0.25) is 0 Å². The summed E-state index contributed by atoms with van der Waals surface area (Å²) in [6, 6.07) is 19.8. The molecular formula is C52H62. The Bertz CT molecular complexity index is 2130. The lowest BCUT2D eigenvalue weighted by Gasteiger charge is -2.36. The van der Waals surface area contributed by atoms with Gasteiger partial charge in [-0.05, 0) is 150 Å². The van der Waals surface area contributed by atoms with Crippen molar-refractivity contribution in [1.82, 2.24) is 0 Å². The molecule has 0 aromatic heterocycles. The molecule has 0 heterocycles. The minimum Gasteiger partial charge on any atom is -0.0729 e. The van der Waals surface area contributed by atoms with Crippen LogP contribution in [0.4, 0.5) is 0 Å². The van der Waals surface area contributed by atoms with E-state index in [4.69, 9.17) is 0 Å². The summed E-state index contributed by atoms with van der Waals surface area (Å²) in [6.07, 6.45) is 10.3. The molecule has 0 N–H and O–H groups in total. The number of allylic oxidation sites excluding steroid dienone is 8. The average Bonchev–Trinajstić information content (AvgIpc) is 3.31. The Morgan fingerprint density at radius 1 is 0.423 bits per heavy atom. The van der Waals surface area contributed by atoms with E-state index in [0.29, 0.717) is 11.8 Å². The lowest BCUT2D eigenvalue weighted by molar-refractivity contribution is 0.491. The van der Waals surface area contributed by atoms with E-state index in [-0.39, 0.29) is 21.7 Å². The maximum absolute atomic E-state index is 2.61. The Morgan fingerprint density at radius 3 is 1.12 bits per heavy atom. The maximum Gasteiger partial charge on any atom is 0.0200 e. The predicted octanol–water partition coefficient (Wildman–Crippen LogP) is 15.0. The molecule has 0 aliphatic heterocycles. The monoisotopic (exact) mass is 686 g/mol. The molecule has 270 valence electrons. The van der Waals surface area contributed by atoms with Gasteiger partial charge in [-0.25, -0.2) is 0 Å². The van der Waals surface area contributed by atoms with Crippen LogP contribution < -0.4 is 0 Å². The zero-order chi connectivity index (χ0) is 38.0. The molecule has 0 saturated carbocycles. The number of rotatable bonds is 2. The number of hydrogen-bond acceptors (Lipinski definition) is 0. The molecule has 0 fully saturated rings. The van der Waals surface area contributed by atoms with Crippen molar-refractivity contribution < 1.29 is 0 Å². The number of hydrogen-bond donors (Lipinski definition) is 0. The fraction of sp³-hybridized carbons (Fsp3) is 0.423. The van der Waals surface area contributed by atoms with E-state index < -0.39 is 0 Å². The molecule has 0 heteroatoms.